The number of pyridine rings is 1. The van der Waals surface area contributed by atoms with E-state index >= 15 is 0 Å². The van der Waals surface area contributed by atoms with Gasteiger partial charge in [-0.1, -0.05) is 17.7 Å². The molecule has 2 atom stereocenters. The molecule has 1 unspecified atom stereocenters. The van der Waals surface area contributed by atoms with E-state index in [0.29, 0.717) is 35.4 Å². The predicted octanol–water partition coefficient (Wildman–Crippen LogP) is 5.51. The van der Waals surface area contributed by atoms with Gasteiger partial charge in [-0.3, -0.25) is 9.78 Å². The molecule has 7 nitrogen and oxygen atoms in total. The van der Waals surface area contributed by atoms with Gasteiger partial charge in [0.1, 0.15) is 11.6 Å². The average Bonchev–Trinajstić information content (AvgIpc) is 3.74. The van der Waals surface area contributed by atoms with Crippen LogP contribution < -0.4 is 14.5 Å². The van der Waals surface area contributed by atoms with Crippen molar-refractivity contribution in [1.82, 2.24) is 15.0 Å². The Labute approximate surface area is 233 Å². The topological polar surface area (TPSA) is 71.5 Å². The first-order valence-electron chi connectivity index (χ1n) is 13.9. The lowest BCUT2D eigenvalue weighted by Crippen LogP contribution is -2.37. The normalized spacial score (nSPS) is 21.0. The highest BCUT2D eigenvalue weighted by Gasteiger charge is 2.43. The van der Waals surface area contributed by atoms with Crippen molar-refractivity contribution in [3.05, 3.63) is 71.0 Å². The van der Waals surface area contributed by atoms with Gasteiger partial charge < -0.3 is 14.5 Å². The summed E-state index contributed by atoms with van der Waals surface area (Å²) in [5.41, 5.74) is 2.16. The maximum atomic E-state index is 14.9. The molecule has 2 aromatic heterocycles. The molecule has 6 rings (SSSR count). The van der Waals surface area contributed by atoms with Crippen molar-refractivity contribution in [2.75, 3.05) is 36.0 Å². The summed E-state index contributed by atoms with van der Waals surface area (Å²) in [6.45, 7) is 3.16. The molecule has 1 saturated carbocycles. The van der Waals surface area contributed by atoms with Crippen LogP contribution in [0.4, 0.5) is 16.0 Å². The second-order valence-electron chi connectivity index (χ2n) is 10.9. The smallest absolute Gasteiger partial charge is 0.231 e. The highest BCUT2D eigenvalue weighted by atomic mass is 35.5. The molecule has 0 bridgehead atoms. The van der Waals surface area contributed by atoms with E-state index in [1.165, 1.54) is 12.5 Å². The molecular formula is C30H33ClFN5O2. The van der Waals surface area contributed by atoms with Crippen molar-refractivity contribution in [3.63, 3.8) is 0 Å². The van der Waals surface area contributed by atoms with Crippen molar-refractivity contribution in [2.45, 2.75) is 44.9 Å². The monoisotopic (exact) mass is 549 g/mol. The number of aromatic nitrogens is 3. The van der Waals surface area contributed by atoms with Crippen LogP contribution in [0, 0.1) is 23.6 Å². The zero-order valence-electron chi connectivity index (χ0n) is 21.9. The van der Waals surface area contributed by atoms with Gasteiger partial charge in [-0.05, 0) is 80.0 Å². The number of carbonyl (C=O) groups excluding carboxylic acids is 1. The van der Waals surface area contributed by atoms with E-state index < -0.39 is 5.82 Å². The Morgan fingerprint density at radius 3 is 2.72 bits per heavy atom. The van der Waals surface area contributed by atoms with Gasteiger partial charge in [0.05, 0.1) is 41.8 Å². The summed E-state index contributed by atoms with van der Waals surface area (Å²) < 4.78 is 20.8. The third-order valence-corrected chi connectivity index (χ3v) is 8.58. The molecule has 0 N–H and O–H groups in total. The SMILES string of the molecule is O=C(Cc1ccc(OCC[C@@H]2CC2C2CCN(c3ncc(Cl)cn3)CC2)cc1F)N1CCCc2ncccc21. The number of aryl methyl sites for hydroxylation is 1. The lowest BCUT2D eigenvalue weighted by Gasteiger charge is -2.32. The third kappa shape index (κ3) is 6.01. The summed E-state index contributed by atoms with van der Waals surface area (Å²) in [7, 11) is 0. The van der Waals surface area contributed by atoms with Crippen LogP contribution in [0.25, 0.3) is 0 Å². The maximum absolute atomic E-state index is 14.9. The zero-order chi connectivity index (χ0) is 26.8. The van der Waals surface area contributed by atoms with Gasteiger partial charge in [0.15, 0.2) is 0 Å². The van der Waals surface area contributed by atoms with Crippen molar-refractivity contribution in [2.24, 2.45) is 17.8 Å². The third-order valence-electron chi connectivity index (χ3n) is 8.39. The molecule has 1 saturated heterocycles. The van der Waals surface area contributed by atoms with Gasteiger partial charge in [-0.25, -0.2) is 14.4 Å². The summed E-state index contributed by atoms with van der Waals surface area (Å²) in [5, 5.41) is 0.558. The number of ether oxygens (including phenoxy) is 1. The van der Waals surface area contributed by atoms with E-state index in [1.54, 1.807) is 35.6 Å². The van der Waals surface area contributed by atoms with Crippen LogP contribution in [0.5, 0.6) is 5.75 Å². The van der Waals surface area contributed by atoms with E-state index in [1.807, 2.05) is 12.1 Å². The van der Waals surface area contributed by atoms with Crippen molar-refractivity contribution < 1.29 is 13.9 Å². The Balaban J connectivity index is 0.943. The van der Waals surface area contributed by atoms with Crippen molar-refractivity contribution in [3.8, 4) is 5.75 Å². The van der Waals surface area contributed by atoms with Crippen LogP contribution in [-0.4, -0.2) is 47.1 Å². The number of halogens is 2. The number of fused-ring (bicyclic) bond motifs is 1. The Bertz CT molecular complexity index is 1310. The quantitative estimate of drug-likeness (QED) is 0.369. The van der Waals surface area contributed by atoms with Gasteiger partial charge in [0, 0.05) is 31.9 Å². The van der Waals surface area contributed by atoms with E-state index in [9.17, 15) is 9.18 Å². The molecule has 2 fully saturated rings. The van der Waals surface area contributed by atoms with Gasteiger partial charge in [-0.2, -0.15) is 0 Å². The number of hydrogen-bond acceptors (Lipinski definition) is 6. The fourth-order valence-corrected chi connectivity index (χ4v) is 6.27. The van der Waals surface area contributed by atoms with Crippen LogP contribution in [0.1, 0.15) is 43.4 Å². The predicted molar refractivity (Wildman–Crippen MR) is 149 cm³/mol. The molecule has 0 spiro atoms. The molecule has 2 aliphatic heterocycles. The van der Waals surface area contributed by atoms with Crippen molar-refractivity contribution in [1.29, 1.82) is 0 Å². The average molecular weight is 550 g/mol. The number of anilines is 2. The number of rotatable bonds is 8. The summed E-state index contributed by atoms with van der Waals surface area (Å²) in [6, 6.07) is 8.61. The summed E-state index contributed by atoms with van der Waals surface area (Å²) in [6.07, 6.45) is 11.3. The van der Waals surface area contributed by atoms with Crippen LogP contribution in [0.2, 0.25) is 5.02 Å². The van der Waals surface area contributed by atoms with E-state index in [-0.39, 0.29) is 12.3 Å². The molecule has 39 heavy (non-hydrogen) atoms. The minimum atomic E-state index is -0.398. The molecule has 0 radical (unpaired) electrons. The lowest BCUT2D eigenvalue weighted by atomic mass is 9.90. The second kappa shape index (κ2) is 11.5. The highest BCUT2D eigenvalue weighted by Crippen LogP contribution is 2.49. The summed E-state index contributed by atoms with van der Waals surface area (Å²) in [4.78, 5) is 30.0. The first-order valence-corrected chi connectivity index (χ1v) is 14.3. The molecule has 9 heteroatoms. The Kier molecular flexibility index (Phi) is 7.64. The minimum absolute atomic E-state index is 0.0210. The zero-order valence-corrected chi connectivity index (χ0v) is 22.7. The summed E-state index contributed by atoms with van der Waals surface area (Å²) in [5.74, 6) is 2.93. The highest BCUT2D eigenvalue weighted by molar-refractivity contribution is 6.30. The number of nitrogens with zero attached hydrogens (tertiary/aromatic N) is 5. The minimum Gasteiger partial charge on any atom is -0.493 e. The molecule has 204 valence electrons. The van der Waals surface area contributed by atoms with Gasteiger partial charge >= 0.3 is 0 Å². The molecular weight excluding hydrogens is 517 g/mol. The second-order valence-corrected chi connectivity index (χ2v) is 11.3. The van der Waals surface area contributed by atoms with E-state index in [2.05, 4.69) is 19.9 Å². The summed E-state index contributed by atoms with van der Waals surface area (Å²) >= 11 is 5.91. The van der Waals surface area contributed by atoms with Gasteiger partial charge in [0.2, 0.25) is 11.9 Å². The van der Waals surface area contributed by atoms with E-state index in [0.717, 1.165) is 74.4 Å². The largest absolute Gasteiger partial charge is 0.493 e. The first kappa shape index (κ1) is 26.0. The number of hydrogen-bond donors (Lipinski definition) is 0. The molecule has 1 aromatic carbocycles. The van der Waals surface area contributed by atoms with Gasteiger partial charge in [0.25, 0.3) is 0 Å². The van der Waals surface area contributed by atoms with Crippen LogP contribution in [-0.2, 0) is 17.6 Å². The van der Waals surface area contributed by atoms with Crippen LogP contribution in [0.15, 0.2) is 48.9 Å². The fourth-order valence-electron chi connectivity index (χ4n) is 6.18. The standard InChI is InChI=1S/C30H33ClFN5O2/c31-23-18-34-30(35-19-23)36-12-7-20(8-13-36)25-15-21(25)9-14-39-24-6-5-22(26(32)17-24)16-29(38)37-11-2-3-27-28(37)4-1-10-33-27/h1,4-6,10,17-21,25H,2-3,7-9,11-16H2/t21-,25?/m1/s1. The molecule has 3 aromatic rings. The van der Waals surface area contributed by atoms with Crippen LogP contribution in [0.3, 0.4) is 0 Å². The molecule has 1 amide bonds. The van der Waals surface area contributed by atoms with Crippen molar-refractivity contribution >= 4 is 29.1 Å². The Morgan fingerprint density at radius 2 is 1.92 bits per heavy atom. The fraction of sp³-hybridized carbons (Fsp3) is 0.467. The first-order chi connectivity index (χ1) is 19.0. The molecule has 3 aliphatic rings. The number of carbonyl (C=O) groups is 1. The molecule has 1 aliphatic carbocycles. The Hall–Kier alpha value is -3.26. The Morgan fingerprint density at radius 1 is 1.10 bits per heavy atom. The van der Waals surface area contributed by atoms with Gasteiger partial charge in [-0.15, -0.1) is 0 Å². The van der Waals surface area contributed by atoms with Crippen LogP contribution >= 0.6 is 11.6 Å². The number of benzene rings is 1. The maximum Gasteiger partial charge on any atom is 0.231 e. The van der Waals surface area contributed by atoms with E-state index in [4.69, 9.17) is 16.3 Å². The number of amides is 1. The number of piperidine rings is 1. The molecule has 4 heterocycles. The lowest BCUT2D eigenvalue weighted by molar-refractivity contribution is -0.118.